The summed E-state index contributed by atoms with van der Waals surface area (Å²) in [4.78, 5) is 7.76. The topological polar surface area (TPSA) is 47.0 Å². The van der Waals surface area contributed by atoms with E-state index in [4.69, 9.17) is 4.74 Å². The quantitative estimate of drug-likeness (QED) is 0.897. The molecule has 0 fully saturated rings. The molecular formula is C13H11BrF3N3O. The van der Waals surface area contributed by atoms with E-state index < -0.39 is 11.7 Å². The Morgan fingerprint density at radius 2 is 2.10 bits per heavy atom. The Bertz CT molecular complexity index is 634. The molecule has 0 saturated heterocycles. The van der Waals surface area contributed by atoms with Crippen molar-refractivity contribution in [2.45, 2.75) is 12.7 Å². The lowest BCUT2D eigenvalue weighted by atomic mass is 10.2. The van der Waals surface area contributed by atoms with Gasteiger partial charge in [0.05, 0.1) is 12.7 Å². The summed E-state index contributed by atoms with van der Waals surface area (Å²) in [5.74, 6) is 0.118. The SMILES string of the molecule is COc1ncccc1CNc1ncc(Br)cc1C(F)(F)F. The molecule has 2 aromatic heterocycles. The zero-order valence-electron chi connectivity index (χ0n) is 10.9. The smallest absolute Gasteiger partial charge is 0.419 e. The Kier molecular flexibility index (Phi) is 4.66. The third kappa shape index (κ3) is 3.84. The van der Waals surface area contributed by atoms with Gasteiger partial charge in [0.25, 0.3) is 0 Å². The van der Waals surface area contributed by atoms with Crippen LogP contribution in [0.4, 0.5) is 19.0 Å². The number of ether oxygens (including phenoxy) is 1. The second kappa shape index (κ2) is 6.30. The second-order valence-corrected chi connectivity index (χ2v) is 4.99. The highest BCUT2D eigenvalue weighted by Crippen LogP contribution is 2.35. The monoisotopic (exact) mass is 361 g/mol. The van der Waals surface area contributed by atoms with Crippen molar-refractivity contribution in [1.82, 2.24) is 9.97 Å². The van der Waals surface area contributed by atoms with E-state index in [2.05, 4.69) is 31.2 Å². The van der Waals surface area contributed by atoms with Gasteiger partial charge in [-0.1, -0.05) is 6.07 Å². The number of hydrogen-bond donors (Lipinski definition) is 1. The van der Waals surface area contributed by atoms with Crippen molar-refractivity contribution in [3.63, 3.8) is 0 Å². The number of halogens is 4. The van der Waals surface area contributed by atoms with Gasteiger partial charge in [-0.05, 0) is 28.1 Å². The molecule has 2 aromatic rings. The minimum atomic E-state index is -4.49. The number of aromatic nitrogens is 2. The van der Waals surface area contributed by atoms with Crippen LogP contribution in [0.1, 0.15) is 11.1 Å². The lowest BCUT2D eigenvalue weighted by Crippen LogP contribution is -2.13. The van der Waals surface area contributed by atoms with Gasteiger partial charge in [0, 0.05) is 29.0 Å². The molecule has 0 aliphatic carbocycles. The molecule has 0 bridgehead atoms. The molecule has 8 heteroatoms. The van der Waals surface area contributed by atoms with Crippen molar-refractivity contribution < 1.29 is 17.9 Å². The van der Waals surface area contributed by atoms with Crippen LogP contribution in [0, 0.1) is 0 Å². The maximum absolute atomic E-state index is 13.0. The second-order valence-electron chi connectivity index (χ2n) is 4.07. The summed E-state index contributed by atoms with van der Waals surface area (Å²) >= 11 is 2.99. The number of methoxy groups -OCH3 is 1. The minimum Gasteiger partial charge on any atom is -0.481 e. The highest BCUT2D eigenvalue weighted by molar-refractivity contribution is 9.10. The number of pyridine rings is 2. The number of nitrogens with one attached hydrogen (secondary N) is 1. The summed E-state index contributed by atoms with van der Waals surface area (Å²) in [5, 5.41) is 2.67. The molecule has 4 nitrogen and oxygen atoms in total. The summed E-state index contributed by atoms with van der Waals surface area (Å²) in [7, 11) is 1.45. The van der Waals surface area contributed by atoms with Crippen molar-refractivity contribution in [1.29, 1.82) is 0 Å². The van der Waals surface area contributed by atoms with Gasteiger partial charge in [-0.2, -0.15) is 13.2 Å². The summed E-state index contributed by atoms with van der Waals surface area (Å²) in [5.41, 5.74) is -0.197. The predicted molar refractivity (Wildman–Crippen MR) is 75.1 cm³/mol. The van der Waals surface area contributed by atoms with Crippen molar-refractivity contribution in [3.8, 4) is 5.88 Å². The van der Waals surface area contributed by atoms with Crippen LogP contribution in [0.3, 0.4) is 0 Å². The molecule has 21 heavy (non-hydrogen) atoms. The largest absolute Gasteiger partial charge is 0.481 e. The standard InChI is InChI=1S/C13H11BrF3N3O/c1-21-12-8(3-2-4-18-12)6-19-11-10(13(15,16)17)5-9(14)7-20-11/h2-5,7H,6H2,1H3,(H,19,20). The molecule has 0 spiro atoms. The first kappa shape index (κ1) is 15.6. The van der Waals surface area contributed by atoms with Gasteiger partial charge < -0.3 is 10.1 Å². The molecule has 0 atom stereocenters. The molecular weight excluding hydrogens is 351 g/mol. The van der Waals surface area contributed by atoms with Gasteiger partial charge >= 0.3 is 6.18 Å². The van der Waals surface area contributed by atoms with Gasteiger partial charge in [-0.25, -0.2) is 9.97 Å². The molecule has 2 rings (SSSR count). The maximum atomic E-state index is 13.0. The van der Waals surface area contributed by atoms with E-state index in [1.165, 1.54) is 13.3 Å². The highest BCUT2D eigenvalue weighted by atomic mass is 79.9. The van der Waals surface area contributed by atoms with Crippen molar-refractivity contribution in [2.75, 3.05) is 12.4 Å². The first-order chi connectivity index (χ1) is 9.91. The molecule has 0 amide bonds. The molecule has 0 radical (unpaired) electrons. The van der Waals surface area contributed by atoms with Crippen molar-refractivity contribution >= 4 is 21.7 Å². The Morgan fingerprint density at radius 1 is 1.33 bits per heavy atom. The van der Waals surface area contributed by atoms with Gasteiger partial charge in [0.1, 0.15) is 5.82 Å². The predicted octanol–water partition coefficient (Wildman–Crippen LogP) is 3.88. The van der Waals surface area contributed by atoms with E-state index in [-0.39, 0.29) is 16.8 Å². The van der Waals surface area contributed by atoms with Crippen LogP contribution in [-0.2, 0) is 12.7 Å². The number of hydrogen-bond acceptors (Lipinski definition) is 4. The van der Waals surface area contributed by atoms with Gasteiger partial charge in [-0.3, -0.25) is 0 Å². The normalized spacial score (nSPS) is 11.3. The number of nitrogens with zero attached hydrogens (tertiary/aromatic N) is 2. The van der Waals surface area contributed by atoms with E-state index in [9.17, 15) is 13.2 Å². The molecule has 0 aliphatic rings. The van der Waals surface area contributed by atoms with Crippen LogP contribution in [0.5, 0.6) is 5.88 Å². The lowest BCUT2D eigenvalue weighted by molar-refractivity contribution is -0.137. The molecule has 0 saturated carbocycles. The Hall–Kier alpha value is -1.83. The number of anilines is 1. The lowest BCUT2D eigenvalue weighted by Gasteiger charge is -2.14. The first-order valence-corrected chi connectivity index (χ1v) is 6.65. The molecule has 1 N–H and O–H groups in total. The fourth-order valence-corrected chi connectivity index (χ4v) is 2.05. The third-order valence-electron chi connectivity index (χ3n) is 2.65. The number of rotatable bonds is 4. The summed E-state index contributed by atoms with van der Waals surface area (Å²) in [6.07, 6.45) is -1.64. The zero-order chi connectivity index (χ0) is 15.5. The average molecular weight is 362 g/mol. The molecule has 112 valence electrons. The molecule has 2 heterocycles. The molecule has 0 aliphatic heterocycles. The van der Waals surface area contributed by atoms with E-state index in [0.717, 1.165) is 6.07 Å². The van der Waals surface area contributed by atoms with Gasteiger partial charge in [-0.15, -0.1) is 0 Å². The van der Waals surface area contributed by atoms with Gasteiger partial charge in [0.2, 0.25) is 5.88 Å². The Labute approximate surface area is 127 Å². The summed E-state index contributed by atoms with van der Waals surface area (Å²) in [6, 6.07) is 4.37. The minimum absolute atomic E-state index is 0.120. The van der Waals surface area contributed by atoms with E-state index in [0.29, 0.717) is 11.4 Å². The molecule has 0 aromatic carbocycles. The highest BCUT2D eigenvalue weighted by Gasteiger charge is 2.34. The van der Waals surface area contributed by atoms with Gasteiger partial charge in [0.15, 0.2) is 0 Å². The van der Waals surface area contributed by atoms with Crippen molar-refractivity contribution in [2.24, 2.45) is 0 Å². The van der Waals surface area contributed by atoms with Crippen LogP contribution < -0.4 is 10.1 Å². The fraction of sp³-hybridized carbons (Fsp3) is 0.231. The van der Waals surface area contributed by atoms with E-state index in [1.54, 1.807) is 18.3 Å². The van der Waals surface area contributed by atoms with Crippen LogP contribution in [-0.4, -0.2) is 17.1 Å². The summed E-state index contributed by atoms with van der Waals surface area (Å²) in [6.45, 7) is 0.120. The van der Waals surface area contributed by atoms with Crippen LogP contribution in [0.15, 0.2) is 35.1 Å². The van der Waals surface area contributed by atoms with Crippen LogP contribution >= 0.6 is 15.9 Å². The summed E-state index contributed by atoms with van der Waals surface area (Å²) < 4.78 is 44.2. The number of alkyl halides is 3. The first-order valence-electron chi connectivity index (χ1n) is 5.86. The molecule has 0 unspecified atom stereocenters. The van der Waals surface area contributed by atoms with Crippen LogP contribution in [0.2, 0.25) is 0 Å². The Morgan fingerprint density at radius 3 is 2.76 bits per heavy atom. The van der Waals surface area contributed by atoms with E-state index in [1.807, 2.05) is 0 Å². The third-order valence-corrected chi connectivity index (χ3v) is 3.08. The Balaban J connectivity index is 2.24. The average Bonchev–Trinajstić information content (AvgIpc) is 2.45. The zero-order valence-corrected chi connectivity index (χ0v) is 12.5. The van der Waals surface area contributed by atoms with Crippen LogP contribution in [0.25, 0.3) is 0 Å². The maximum Gasteiger partial charge on any atom is 0.419 e. The van der Waals surface area contributed by atoms with Crippen molar-refractivity contribution in [3.05, 3.63) is 46.2 Å². The fourth-order valence-electron chi connectivity index (χ4n) is 1.72. The van der Waals surface area contributed by atoms with E-state index >= 15 is 0 Å².